The first-order valence-electron chi connectivity index (χ1n) is 7.96. The van der Waals surface area contributed by atoms with Gasteiger partial charge in [0, 0.05) is 25.5 Å². The molecule has 0 aliphatic heterocycles. The number of anilines is 1. The number of hydrogen-bond donors (Lipinski definition) is 2. The molecule has 5 heteroatoms. The zero-order valence-electron chi connectivity index (χ0n) is 13.6. The lowest BCUT2D eigenvalue weighted by atomic mass is 10.2. The summed E-state index contributed by atoms with van der Waals surface area (Å²) in [5, 5.41) is 6.06. The molecule has 0 saturated heterocycles. The number of nitrogens with one attached hydrogen (secondary N) is 2. The maximum atomic E-state index is 12.9. The number of carbonyl (C=O) groups is 1. The van der Waals surface area contributed by atoms with Crippen molar-refractivity contribution in [3.05, 3.63) is 95.6 Å². The molecule has 126 valence electrons. The van der Waals surface area contributed by atoms with Gasteiger partial charge in [0.25, 0.3) is 5.91 Å². The quantitative estimate of drug-likeness (QED) is 0.721. The molecule has 3 rings (SSSR count). The molecule has 0 radical (unpaired) electrons. The van der Waals surface area contributed by atoms with E-state index >= 15 is 0 Å². The van der Waals surface area contributed by atoms with Crippen LogP contribution in [0.5, 0.6) is 0 Å². The van der Waals surface area contributed by atoms with Crippen LogP contribution < -0.4 is 10.6 Å². The number of rotatable bonds is 6. The Morgan fingerprint density at radius 3 is 2.40 bits per heavy atom. The molecular weight excluding hydrogens is 317 g/mol. The SMILES string of the molecule is O=C(NCc1ccccc1)c1cncc(NCc2ccc(F)cc2)c1. The van der Waals surface area contributed by atoms with E-state index in [1.807, 2.05) is 30.3 Å². The first kappa shape index (κ1) is 16.6. The molecule has 0 fully saturated rings. The Hall–Kier alpha value is -3.21. The van der Waals surface area contributed by atoms with E-state index in [2.05, 4.69) is 15.6 Å². The van der Waals surface area contributed by atoms with Crippen molar-refractivity contribution >= 4 is 11.6 Å². The molecule has 0 bridgehead atoms. The Kier molecular flexibility index (Phi) is 5.36. The average molecular weight is 335 g/mol. The van der Waals surface area contributed by atoms with E-state index in [1.54, 1.807) is 24.4 Å². The lowest BCUT2D eigenvalue weighted by molar-refractivity contribution is 0.0950. The fraction of sp³-hybridized carbons (Fsp3) is 0.100. The molecule has 0 aliphatic rings. The Morgan fingerprint density at radius 1 is 0.920 bits per heavy atom. The fourth-order valence-electron chi connectivity index (χ4n) is 2.35. The summed E-state index contributed by atoms with van der Waals surface area (Å²) < 4.78 is 12.9. The molecule has 4 nitrogen and oxygen atoms in total. The number of hydrogen-bond acceptors (Lipinski definition) is 3. The molecule has 0 aliphatic carbocycles. The molecule has 0 atom stereocenters. The summed E-state index contributed by atoms with van der Waals surface area (Å²) >= 11 is 0. The van der Waals surface area contributed by atoms with Gasteiger partial charge in [0.15, 0.2) is 0 Å². The molecular formula is C20H18FN3O. The monoisotopic (exact) mass is 335 g/mol. The van der Waals surface area contributed by atoms with Gasteiger partial charge in [-0.25, -0.2) is 4.39 Å². The Bertz CT molecular complexity index is 835. The molecule has 1 aromatic heterocycles. The van der Waals surface area contributed by atoms with Crippen molar-refractivity contribution in [2.45, 2.75) is 13.1 Å². The normalized spacial score (nSPS) is 10.3. The van der Waals surface area contributed by atoms with Crippen molar-refractivity contribution in [1.29, 1.82) is 0 Å². The van der Waals surface area contributed by atoms with Gasteiger partial charge < -0.3 is 10.6 Å². The standard InChI is InChI=1S/C20H18FN3O/c21-18-8-6-16(7-9-18)11-23-19-10-17(13-22-14-19)20(25)24-12-15-4-2-1-3-5-15/h1-10,13-14,23H,11-12H2,(H,24,25). The third-order valence-corrected chi connectivity index (χ3v) is 3.71. The van der Waals surface area contributed by atoms with Gasteiger partial charge in [-0.2, -0.15) is 0 Å². The van der Waals surface area contributed by atoms with E-state index < -0.39 is 0 Å². The summed E-state index contributed by atoms with van der Waals surface area (Å²) in [5.74, 6) is -0.440. The second kappa shape index (κ2) is 8.06. The number of aromatic nitrogens is 1. The molecule has 2 N–H and O–H groups in total. The van der Waals surface area contributed by atoms with E-state index in [0.717, 1.165) is 16.8 Å². The van der Waals surface area contributed by atoms with Crippen LogP contribution in [-0.4, -0.2) is 10.9 Å². The minimum Gasteiger partial charge on any atom is -0.380 e. The van der Waals surface area contributed by atoms with Crippen LogP contribution in [0, 0.1) is 5.82 Å². The highest BCUT2D eigenvalue weighted by Crippen LogP contribution is 2.11. The van der Waals surface area contributed by atoms with E-state index in [4.69, 9.17) is 0 Å². The topological polar surface area (TPSA) is 54.0 Å². The number of halogens is 1. The summed E-state index contributed by atoms with van der Waals surface area (Å²) in [5.41, 5.74) is 3.20. The summed E-state index contributed by atoms with van der Waals surface area (Å²) in [6.45, 7) is 0.990. The van der Waals surface area contributed by atoms with Crippen molar-refractivity contribution in [1.82, 2.24) is 10.3 Å². The third-order valence-electron chi connectivity index (χ3n) is 3.71. The van der Waals surface area contributed by atoms with E-state index in [9.17, 15) is 9.18 Å². The number of amides is 1. The summed E-state index contributed by atoms with van der Waals surface area (Å²) in [4.78, 5) is 16.4. The molecule has 3 aromatic rings. The van der Waals surface area contributed by atoms with Gasteiger partial charge in [0.2, 0.25) is 0 Å². The summed E-state index contributed by atoms with van der Waals surface area (Å²) in [6, 6.07) is 17.7. The van der Waals surface area contributed by atoms with Crippen LogP contribution in [0.15, 0.2) is 73.1 Å². The number of pyridine rings is 1. The number of nitrogens with zero attached hydrogens (tertiary/aromatic N) is 1. The van der Waals surface area contributed by atoms with Gasteiger partial charge >= 0.3 is 0 Å². The van der Waals surface area contributed by atoms with Crippen molar-refractivity contribution < 1.29 is 9.18 Å². The highest BCUT2D eigenvalue weighted by atomic mass is 19.1. The van der Waals surface area contributed by atoms with Gasteiger partial charge in [-0.3, -0.25) is 9.78 Å². The van der Waals surface area contributed by atoms with Crippen LogP contribution in [0.2, 0.25) is 0 Å². The average Bonchev–Trinajstić information content (AvgIpc) is 2.67. The van der Waals surface area contributed by atoms with E-state index in [0.29, 0.717) is 18.7 Å². The minimum atomic E-state index is -0.262. The van der Waals surface area contributed by atoms with Crippen molar-refractivity contribution in [2.75, 3.05) is 5.32 Å². The van der Waals surface area contributed by atoms with Crippen LogP contribution >= 0.6 is 0 Å². The number of benzene rings is 2. The highest BCUT2D eigenvalue weighted by molar-refractivity contribution is 5.94. The van der Waals surface area contributed by atoms with E-state index in [1.165, 1.54) is 18.3 Å². The second-order valence-electron chi connectivity index (χ2n) is 5.61. The Balaban J connectivity index is 1.58. The highest BCUT2D eigenvalue weighted by Gasteiger charge is 2.07. The largest absolute Gasteiger partial charge is 0.380 e. The first-order chi connectivity index (χ1) is 12.2. The van der Waals surface area contributed by atoms with Crippen LogP contribution in [0.1, 0.15) is 21.5 Å². The molecule has 2 aromatic carbocycles. The van der Waals surface area contributed by atoms with Gasteiger partial charge in [-0.1, -0.05) is 42.5 Å². The predicted octanol–water partition coefficient (Wildman–Crippen LogP) is 3.76. The molecule has 0 unspecified atom stereocenters. The molecule has 0 saturated carbocycles. The first-order valence-corrected chi connectivity index (χ1v) is 7.96. The smallest absolute Gasteiger partial charge is 0.253 e. The van der Waals surface area contributed by atoms with Gasteiger partial charge in [-0.15, -0.1) is 0 Å². The van der Waals surface area contributed by atoms with Crippen LogP contribution in [0.3, 0.4) is 0 Å². The summed E-state index contributed by atoms with van der Waals surface area (Å²) in [6.07, 6.45) is 3.18. The maximum Gasteiger partial charge on any atom is 0.253 e. The molecule has 1 heterocycles. The maximum absolute atomic E-state index is 12.9. The minimum absolute atomic E-state index is 0.179. The van der Waals surface area contributed by atoms with Crippen LogP contribution in [0.4, 0.5) is 10.1 Å². The van der Waals surface area contributed by atoms with Gasteiger partial charge in [0.1, 0.15) is 5.82 Å². The zero-order valence-corrected chi connectivity index (χ0v) is 13.6. The molecule has 25 heavy (non-hydrogen) atoms. The van der Waals surface area contributed by atoms with Crippen molar-refractivity contribution in [3.8, 4) is 0 Å². The molecule has 1 amide bonds. The Morgan fingerprint density at radius 2 is 1.64 bits per heavy atom. The summed E-state index contributed by atoms with van der Waals surface area (Å²) in [7, 11) is 0. The van der Waals surface area contributed by atoms with Gasteiger partial charge in [0.05, 0.1) is 11.3 Å². The lowest BCUT2D eigenvalue weighted by Gasteiger charge is -2.09. The predicted molar refractivity (Wildman–Crippen MR) is 95.6 cm³/mol. The van der Waals surface area contributed by atoms with Crippen molar-refractivity contribution in [2.24, 2.45) is 0 Å². The van der Waals surface area contributed by atoms with Crippen LogP contribution in [0.25, 0.3) is 0 Å². The van der Waals surface area contributed by atoms with Gasteiger partial charge in [-0.05, 0) is 29.3 Å². The van der Waals surface area contributed by atoms with Crippen LogP contribution in [-0.2, 0) is 13.1 Å². The van der Waals surface area contributed by atoms with E-state index in [-0.39, 0.29) is 11.7 Å². The third kappa shape index (κ3) is 4.88. The Labute approximate surface area is 145 Å². The fourth-order valence-corrected chi connectivity index (χ4v) is 2.35. The molecule has 0 spiro atoms. The lowest BCUT2D eigenvalue weighted by Crippen LogP contribution is -2.23. The van der Waals surface area contributed by atoms with Crippen molar-refractivity contribution in [3.63, 3.8) is 0 Å². The number of carbonyl (C=O) groups excluding carboxylic acids is 1. The zero-order chi connectivity index (χ0) is 17.5. The second-order valence-corrected chi connectivity index (χ2v) is 5.61.